The lowest BCUT2D eigenvalue weighted by Crippen LogP contribution is -2.55. The third-order valence-electron chi connectivity index (χ3n) is 5.31. The summed E-state index contributed by atoms with van der Waals surface area (Å²) in [6.45, 7) is 5.73. The minimum absolute atomic E-state index is 0.508. The monoisotopic (exact) mass is 383 g/mol. The third kappa shape index (κ3) is 5.84. The molecule has 6 heteroatoms. The van der Waals surface area contributed by atoms with E-state index in [0.29, 0.717) is 12.6 Å². The molecule has 1 unspecified atom stereocenters. The molecule has 0 spiro atoms. The summed E-state index contributed by atoms with van der Waals surface area (Å²) in [5, 5.41) is 9.27. The molecule has 1 saturated heterocycles. The number of nitrogens with zero attached hydrogens (tertiary/aromatic N) is 3. The molecule has 3 rings (SSSR count). The maximum absolute atomic E-state index is 5.90. The average molecular weight is 384 g/mol. The van der Waals surface area contributed by atoms with Crippen LogP contribution in [0, 0.1) is 0 Å². The first-order valence-electron chi connectivity index (χ1n) is 10.1. The quantitative estimate of drug-likeness (QED) is 0.435. The molecule has 28 heavy (non-hydrogen) atoms. The van der Waals surface area contributed by atoms with Gasteiger partial charge in [-0.25, -0.2) is 0 Å². The Morgan fingerprint density at radius 3 is 2.75 bits per heavy atom. The van der Waals surface area contributed by atoms with Crippen LogP contribution in [0.4, 0.5) is 0 Å². The molecule has 1 heterocycles. The number of benzene rings is 2. The minimum atomic E-state index is 0.508. The maximum atomic E-state index is 5.90. The van der Waals surface area contributed by atoms with E-state index >= 15 is 0 Å². The lowest BCUT2D eigenvalue weighted by Gasteiger charge is -2.37. The van der Waals surface area contributed by atoms with Crippen LogP contribution in [0.25, 0.3) is 10.8 Å². The summed E-state index contributed by atoms with van der Waals surface area (Å²) >= 11 is 0. The Bertz CT molecular complexity index is 778. The molecule has 1 aliphatic heterocycles. The number of guanidine groups is 1. The van der Waals surface area contributed by atoms with Crippen molar-refractivity contribution in [1.29, 1.82) is 0 Å². The number of nitrogens with one attached hydrogen (secondary N) is 2. The van der Waals surface area contributed by atoms with Crippen LogP contribution in [0.15, 0.2) is 47.5 Å². The van der Waals surface area contributed by atoms with E-state index in [0.717, 1.165) is 50.9 Å². The van der Waals surface area contributed by atoms with Gasteiger partial charge in [0.1, 0.15) is 5.75 Å². The molecule has 2 aromatic carbocycles. The fraction of sp³-hybridized carbons (Fsp3) is 0.500. The van der Waals surface area contributed by atoms with E-state index in [-0.39, 0.29) is 0 Å². The van der Waals surface area contributed by atoms with Gasteiger partial charge < -0.3 is 20.3 Å². The van der Waals surface area contributed by atoms with Gasteiger partial charge in [-0.05, 0) is 43.4 Å². The van der Waals surface area contributed by atoms with Crippen LogP contribution in [-0.4, -0.2) is 82.3 Å². The predicted molar refractivity (Wildman–Crippen MR) is 117 cm³/mol. The first kappa shape index (κ1) is 20.4. The van der Waals surface area contributed by atoms with Crippen molar-refractivity contribution in [2.45, 2.75) is 12.5 Å². The molecule has 0 aromatic heterocycles. The SMILES string of the molecule is CN=C(NCCCOc1ccc2ccccc2c1)NCC1CN(C)CCN1C. The molecule has 1 fully saturated rings. The van der Waals surface area contributed by atoms with Crippen LogP contribution in [0.3, 0.4) is 0 Å². The maximum Gasteiger partial charge on any atom is 0.191 e. The van der Waals surface area contributed by atoms with Gasteiger partial charge in [0.05, 0.1) is 6.61 Å². The summed E-state index contributed by atoms with van der Waals surface area (Å²) in [4.78, 5) is 9.12. The zero-order chi connectivity index (χ0) is 19.8. The molecule has 0 saturated carbocycles. The number of rotatable bonds is 7. The van der Waals surface area contributed by atoms with E-state index in [2.05, 4.69) is 75.9 Å². The molecule has 2 N–H and O–H groups in total. The van der Waals surface area contributed by atoms with Crippen molar-refractivity contribution >= 4 is 16.7 Å². The van der Waals surface area contributed by atoms with Crippen molar-refractivity contribution in [2.24, 2.45) is 4.99 Å². The molecule has 0 aliphatic carbocycles. The van der Waals surface area contributed by atoms with E-state index in [9.17, 15) is 0 Å². The number of aliphatic imine (C=N–C) groups is 1. The van der Waals surface area contributed by atoms with Gasteiger partial charge in [-0.1, -0.05) is 30.3 Å². The highest BCUT2D eigenvalue weighted by atomic mass is 16.5. The fourth-order valence-electron chi connectivity index (χ4n) is 3.48. The molecule has 2 aromatic rings. The van der Waals surface area contributed by atoms with E-state index in [1.165, 1.54) is 10.8 Å². The molecule has 1 atom stereocenters. The Labute approximate surface area is 168 Å². The first-order chi connectivity index (χ1) is 13.7. The van der Waals surface area contributed by atoms with E-state index < -0.39 is 0 Å². The van der Waals surface area contributed by atoms with Crippen LogP contribution in [0.1, 0.15) is 6.42 Å². The van der Waals surface area contributed by atoms with Crippen LogP contribution >= 0.6 is 0 Å². The summed E-state index contributed by atoms with van der Waals surface area (Å²) in [7, 11) is 6.19. The molecule has 1 aliphatic rings. The Morgan fingerprint density at radius 2 is 1.93 bits per heavy atom. The van der Waals surface area contributed by atoms with Gasteiger partial charge in [0.15, 0.2) is 5.96 Å². The zero-order valence-electron chi connectivity index (χ0n) is 17.3. The molecular weight excluding hydrogens is 350 g/mol. The Balaban J connectivity index is 1.35. The minimum Gasteiger partial charge on any atom is -0.494 e. The highest BCUT2D eigenvalue weighted by Crippen LogP contribution is 2.20. The van der Waals surface area contributed by atoms with Crippen molar-refractivity contribution in [3.8, 4) is 5.75 Å². The highest BCUT2D eigenvalue weighted by Gasteiger charge is 2.21. The molecule has 152 valence electrons. The topological polar surface area (TPSA) is 52.1 Å². The highest BCUT2D eigenvalue weighted by molar-refractivity contribution is 5.83. The molecule has 0 amide bonds. The van der Waals surface area contributed by atoms with Gasteiger partial charge in [-0.3, -0.25) is 9.89 Å². The van der Waals surface area contributed by atoms with Gasteiger partial charge in [0.25, 0.3) is 0 Å². The van der Waals surface area contributed by atoms with Gasteiger partial charge in [0, 0.05) is 45.8 Å². The van der Waals surface area contributed by atoms with Crippen molar-refractivity contribution in [1.82, 2.24) is 20.4 Å². The molecule has 6 nitrogen and oxygen atoms in total. The van der Waals surface area contributed by atoms with E-state index in [1.807, 2.05) is 13.1 Å². The summed E-state index contributed by atoms with van der Waals surface area (Å²) < 4.78 is 5.90. The standard InChI is InChI=1S/C22H33N5O/c1-23-22(25-16-20-17-26(2)12-13-27(20)3)24-11-6-14-28-21-10-9-18-7-4-5-8-19(18)15-21/h4-5,7-10,15,20H,6,11-14,16-17H2,1-3H3,(H2,23,24,25). The van der Waals surface area contributed by atoms with E-state index in [1.54, 1.807) is 0 Å². The molecular formula is C22H33N5O. The van der Waals surface area contributed by atoms with Crippen LogP contribution in [-0.2, 0) is 0 Å². The Hall–Kier alpha value is -2.31. The summed E-state index contributed by atoms with van der Waals surface area (Å²) in [6.07, 6.45) is 0.916. The molecule has 0 radical (unpaired) electrons. The second-order valence-electron chi connectivity index (χ2n) is 7.49. The number of likely N-dealkylation sites (N-methyl/N-ethyl adjacent to an activating group) is 2. The normalized spacial score (nSPS) is 19.0. The van der Waals surface area contributed by atoms with Crippen molar-refractivity contribution < 1.29 is 4.74 Å². The van der Waals surface area contributed by atoms with Crippen LogP contribution in [0.2, 0.25) is 0 Å². The smallest absolute Gasteiger partial charge is 0.191 e. The number of hydrogen-bond donors (Lipinski definition) is 2. The summed E-state index contributed by atoms with van der Waals surface area (Å²) in [5.41, 5.74) is 0. The van der Waals surface area contributed by atoms with Crippen LogP contribution < -0.4 is 15.4 Å². The van der Waals surface area contributed by atoms with Gasteiger partial charge >= 0.3 is 0 Å². The summed E-state index contributed by atoms with van der Waals surface area (Å²) in [6, 6.07) is 15.1. The van der Waals surface area contributed by atoms with Crippen molar-refractivity contribution in [3.05, 3.63) is 42.5 Å². The van der Waals surface area contributed by atoms with Crippen molar-refractivity contribution in [3.63, 3.8) is 0 Å². The Morgan fingerprint density at radius 1 is 1.11 bits per heavy atom. The predicted octanol–water partition coefficient (Wildman–Crippen LogP) is 2.02. The number of hydrogen-bond acceptors (Lipinski definition) is 4. The summed E-state index contributed by atoms with van der Waals surface area (Å²) in [5.74, 6) is 1.78. The number of piperazine rings is 1. The zero-order valence-corrected chi connectivity index (χ0v) is 17.3. The first-order valence-corrected chi connectivity index (χ1v) is 10.1. The van der Waals surface area contributed by atoms with Gasteiger partial charge in [-0.2, -0.15) is 0 Å². The van der Waals surface area contributed by atoms with Gasteiger partial charge in [-0.15, -0.1) is 0 Å². The fourth-order valence-corrected chi connectivity index (χ4v) is 3.48. The van der Waals surface area contributed by atoms with E-state index in [4.69, 9.17) is 4.74 Å². The number of fused-ring (bicyclic) bond motifs is 1. The second kappa shape index (κ2) is 10.3. The van der Waals surface area contributed by atoms with Crippen LogP contribution in [0.5, 0.6) is 5.75 Å². The Kier molecular flexibility index (Phi) is 7.51. The lowest BCUT2D eigenvalue weighted by molar-refractivity contribution is 0.116. The molecule has 0 bridgehead atoms. The largest absolute Gasteiger partial charge is 0.494 e. The van der Waals surface area contributed by atoms with Gasteiger partial charge in [0.2, 0.25) is 0 Å². The number of ether oxygens (including phenoxy) is 1. The lowest BCUT2D eigenvalue weighted by atomic mass is 10.1. The average Bonchev–Trinajstić information content (AvgIpc) is 2.72. The third-order valence-corrected chi connectivity index (χ3v) is 5.31. The second-order valence-corrected chi connectivity index (χ2v) is 7.49. The van der Waals surface area contributed by atoms with Crippen molar-refractivity contribution in [2.75, 3.05) is 60.5 Å².